The molecule has 1 aliphatic carbocycles. The molecule has 4 rings (SSSR count). The van der Waals surface area contributed by atoms with E-state index in [-0.39, 0.29) is 6.04 Å². The van der Waals surface area contributed by atoms with Gasteiger partial charge < -0.3 is 0 Å². The molecule has 2 nitrogen and oxygen atoms in total. The van der Waals surface area contributed by atoms with Gasteiger partial charge in [0.25, 0.3) is 0 Å². The Morgan fingerprint density at radius 3 is 2.70 bits per heavy atom. The molecule has 0 fully saturated rings. The molecular formula is C18H16N2. The fourth-order valence-corrected chi connectivity index (χ4v) is 3.06. The van der Waals surface area contributed by atoms with Gasteiger partial charge in [0, 0.05) is 12.4 Å². The SMILES string of the molecule is CC(c1ccc2c(c1)-c1ccccc1C2)n1cccn1. The van der Waals surface area contributed by atoms with Crippen molar-refractivity contribution in [1.82, 2.24) is 9.78 Å². The van der Waals surface area contributed by atoms with Crippen LogP contribution in [0.4, 0.5) is 0 Å². The number of fused-ring (bicyclic) bond motifs is 3. The minimum absolute atomic E-state index is 0.267. The first-order chi connectivity index (χ1) is 9.83. The zero-order valence-electron chi connectivity index (χ0n) is 11.5. The highest BCUT2D eigenvalue weighted by molar-refractivity contribution is 5.77. The lowest BCUT2D eigenvalue weighted by Gasteiger charge is -2.14. The maximum atomic E-state index is 4.35. The standard InChI is InChI=1S/C18H16N2/c1-13(20-10-4-9-19-20)14-7-8-16-11-15-5-2-3-6-17(15)18(16)12-14/h2-10,12-13H,11H2,1H3. The van der Waals surface area contributed by atoms with Crippen LogP contribution >= 0.6 is 0 Å². The van der Waals surface area contributed by atoms with Crippen LogP contribution in [0.25, 0.3) is 11.1 Å². The highest BCUT2D eigenvalue weighted by Gasteiger charge is 2.19. The zero-order valence-corrected chi connectivity index (χ0v) is 11.5. The summed E-state index contributed by atoms with van der Waals surface area (Å²) in [5.41, 5.74) is 6.95. The van der Waals surface area contributed by atoms with Crippen LogP contribution in [-0.2, 0) is 6.42 Å². The van der Waals surface area contributed by atoms with Gasteiger partial charge in [-0.15, -0.1) is 0 Å². The highest BCUT2D eigenvalue weighted by atomic mass is 15.3. The van der Waals surface area contributed by atoms with Crippen LogP contribution in [0.2, 0.25) is 0 Å². The lowest BCUT2D eigenvalue weighted by molar-refractivity contribution is 0.564. The molecule has 0 saturated heterocycles. The Morgan fingerprint density at radius 1 is 1.00 bits per heavy atom. The van der Waals surface area contributed by atoms with Crippen molar-refractivity contribution in [1.29, 1.82) is 0 Å². The number of hydrogen-bond acceptors (Lipinski definition) is 1. The Hall–Kier alpha value is -2.35. The monoisotopic (exact) mass is 260 g/mol. The van der Waals surface area contributed by atoms with Crippen molar-refractivity contribution >= 4 is 0 Å². The molecule has 1 atom stereocenters. The smallest absolute Gasteiger partial charge is 0.0740 e. The number of rotatable bonds is 2. The largest absolute Gasteiger partial charge is 0.266 e. The summed E-state index contributed by atoms with van der Waals surface area (Å²) < 4.78 is 2.00. The van der Waals surface area contributed by atoms with Crippen LogP contribution in [0.15, 0.2) is 60.9 Å². The van der Waals surface area contributed by atoms with Crippen molar-refractivity contribution in [3.05, 3.63) is 77.6 Å². The third-order valence-corrected chi connectivity index (χ3v) is 4.23. The summed E-state index contributed by atoms with van der Waals surface area (Å²) in [4.78, 5) is 0. The Labute approximate surface area is 118 Å². The van der Waals surface area contributed by atoms with Crippen molar-refractivity contribution in [3.8, 4) is 11.1 Å². The third kappa shape index (κ3) is 1.68. The van der Waals surface area contributed by atoms with Gasteiger partial charge in [0.1, 0.15) is 0 Å². The predicted octanol–water partition coefficient (Wildman–Crippen LogP) is 4.06. The van der Waals surface area contributed by atoms with Gasteiger partial charge in [0.2, 0.25) is 0 Å². The van der Waals surface area contributed by atoms with Crippen molar-refractivity contribution in [2.24, 2.45) is 0 Å². The molecular weight excluding hydrogens is 244 g/mol. The molecule has 2 heteroatoms. The van der Waals surface area contributed by atoms with Crippen molar-refractivity contribution in [2.75, 3.05) is 0 Å². The highest BCUT2D eigenvalue weighted by Crippen LogP contribution is 2.37. The predicted molar refractivity (Wildman–Crippen MR) is 80.7 cm³/mol. The first-order valence-corrected chi connectivity index (χ1v) is 7.03. The van der Waals surface area contributed by atoms with Crippen LogP contribution < -0.4 is 0 Å². The molecule has 2 aromatic carbocycles. The van der Waals surface area contributed by atoms with Crippen LogP contribution in [-0.4, -0.2) is 9.78 Å². The molecule has 0 amide bonds. The molecule has 98 valence electrons. The summed E-state index contributed by atoms with van der Waals surface area (Å²) in [7, 11) is 0. The normalized spacial score (nSPS) is 13.8. The van der Waals surface area contributed by atoms with E-state index in [1.165, 1.54) is 27.8 Å². The van der Waals surface area contributed by atoms with Gasteiger partial charge in [-0.1, -0.05) is 36.4 Å². The summed E-state index contributed by atoms with van der Waals surface area (Å²) in [6, 6.07) is 17.8. The Balaban J connectivity index is 1.80. The topological polar surface area (TPSA) is 17.8 Å². The minimum atomic E-state index is 0.267. The van der Waals surface area contributed by atoms with E-state index in [4.69, 9.17) is 0 Å². The fraction of sp³-hybridized carbons (Fsp3) is 0.167. The summed E-state index contributed by atoms with van der Waals surface area (Å²) in [6.45, 7) is 2.19. The van der Waals surface area contributed by atoms with E-state index in [0.29, 0.717) is 0 Å². The summed E-state index contributed by atoms with van der Waals surface area (Å²) in [6.07, 6.45) is 4.91. The summed E-state index contributed by atoms with van der Waals surface area (Å²) in [5, 5.41) is 4.35. The zero-order chi connectivity index (χ0) is 13.5. The maximum Gasteiger partial charge on any atom is 0.0740 e. The van der Waals surface area contributed by atoms with Gasteiger partial charge >= 0.3 is 0 Å². The first-order valence-electron chi connectivity index (χ1n) is 7.03. The maximum absolute atomic E-state index is 4.35. The lowest BCUT2D eigenvalue weighted by Crippen LogP contribution is -2.07. The van der Waals surface area contributed by atoms with Crippen LogP contribution in [0.1, 0.15) is 29.7 Å². The van der Waals surface area contributed by atoms with E-state index in [1.807, 2.05) is 23.1 Å². The molecule has 0 saturated carbocycles. The Morgan fingerprint density at radius 2 is 1.85 bits per heavy atom. The summed E-state index contributed by atoms with van der Waals surface area (Å²) >= 11 is 0. The van der Waals surface area contributed by atoms with Gasteiger partial charge in [-0.05, 0) is 53.3 Å². The molecule has 0 spiro atoms. The number of nitrogens with zero attached hydrogens (tertiary/aromatic N) is 2. The number of aromatic nitrogens is 2. The van der Waals surface area contributed by atoms with Crippen LogP contribution in [0.3, 0.4) is 0 Å². The van der Waals surface area contributed by atoms with Crippen molar-refractivity contribution in [2.45, 2.75) is 19.4 Å². The van der Waals surface area contributed by atoms with E-state index in [0.717, 1.165) is 6.42 Å². The van der Waals surface area contributed by atoms with Gasteiger partial charge in [-0.3, -0.25) is 4.68 Å². The molecule has 1 aliphatic rings. The first kappa shape index (κ1) is 11.5. The Kier molecular flexibility index (Phi) is 2.49. The molecule has 20 heavy (non-hydrogen) atoms. The van der Waals surface area contributed by atoms with Gasteiger partial charge in [0.15, 0.2) is 0 Å². The fourth-order valence-electron chi connectivity index (χ4n) is 3.06. The molecule has 1 aromatic heterocycles. The average Bonchev–Trinajstić information content (AvgIpc) is 3.13. The van der Waals surface area contributed by atoms with Crippen LogP contribution in [0.5, 0.6) is 0 Å². The molecule has 0 bridgehead atoms. The second-order valence-corrected chi connectivity index (χ2v) is 5.41. The van der Waals surface area contributed by atoms with Gasteiger partial charge in [-0.25, -0.2) is 0 Å². The molecule has 0 aliphatic heterocycles. The van der Waals surface area contributed by atoms with Crippen LogP contribution in [0, 0.1) is 0 Å². The number of hydrogen-bond donors (Lipinski definition) is 0. The molecule has 0 N–H and O–H groups in total. The summed E-state index contributed by atoms with van der Waals surface area (Å²) in [5.74, 6) is 0. The lowest BCUT2D eigenvalue weighted by atomic mass is 10.00. The van der Waals surface area contributed by atoms with Crippen molar-refractivity contribution < 1.29 is 0 Å². The van der Waals surface area contributed by atoms with Gasteiger partial charge in [-0.2, -0.15) is 5.10 Å². The second-order valence-electron chi connectivity index (χ2n) is 5.41. The molecule has 0 radical (unpaired) electrons. The average molecular weight is 260 g/mol. The number of benzene rings is 2. The minimum Gasteiger partial charge on any atom is -0.266 e. The third-order valence-electron chi connectivity index (χ3n) is 4.23. The second kappa shape index (κ2) is 4.34. The van der Waals surface area contributed by atoms with Gasteiger partial charge in [0.05, 0.1) is 6.04 Å². The van der Waals surface area contributed by atoms with E-state index < -0.39 is 0 Å². The van der Waals surface area contributed by atoms with E-state index in [9.17, 15) is 0 Å². The molecule has 3 aromatic rings. The molecule has 1 unspecified atom stereocenters. The Bertz CT molecular complexity index is 757. The van der Waals surface area contributed by atoms with E-state index >= 15 is 0 Å². The van der Waals surface area contributed by atoms with E-state index in [1.54, 1.807) is 0 Å². The van der Waals surface area contributed by atoms with Crippen molar-refractivity contribution in [3.63, 3.8) is 0 Å². The molecule has 1 heterocycles. The van der Waals surface area contributed by atoms with E-state index in [2.05, 4.69) is 54.5 Å². The quantitative estimate of drug-likeness (QED) is 0.531.